The summed E-state index contributed by atoms with van der Waals surface area (Å²) in [7, 11) is 3.20. The zero-order chi connectivity index (χ0) is 39.9. The first-order chi connectivity index (χ1) is 26.6. The van der Waals surface area contributed by atoms with Crippen molar-refractivity contribution in [3.63, 3.8) is 0 Å². The Labute approximate surface area is 328 Å². The number of aromatic nitrogens is 3. The average Bonchev–Trinajstić information content (AvgIpc) is 4.09. The summed E-state index contributed by atoms with van der Waals surface area (Å²) in [5.74, 6) is 1.28. The van der Waals surface area contributed by atoms with Gasteiger partial charge in [0, 0.05) is 52.5 Å². The van der Waals surface area contributed by atoms with Gasteiger partial charge in [-0.3, -0.25) is 4.98 Å². The molecule has 7 nitrogen and oxygen atoms in total. The summed E-state index contributed by atoms with van der Waals surface area (Å²) in [4.78, 5) is 11.0. The average molecular weight is 764 g/mol. The van der Waals surface area contributed by atoms with Crippen LogP contribution in [0.5, 0.6) is 11.5 Å². The molecule has 2 aliphatic rings. The molecule has 3 heterocycles. The molecule has 2 fully saturated rings. The van der Waals surface area contributed by atoms with Crippen molar-refractivity contribution >= 4 is 21.8 Å². The summed E-state index contributed by atoms with van der Waals surface area (Å²) >= 11 is 0. The van der Waals surface area contributed by atoms with E-state index in [1.807, 2.05) is 32.0 Å². The van der Waals surface area contributed by atoms with Crippen molar-refractivity contribution in [2.75, 3.05) is 14.2 Å². The van der Waals surface area contributed by atoms with Gasteiger partial charge in [0.2, 0.25) is 0 Å². The van der Waals surface area contributed by atoms with E-state index in [9.17, 15) is 19.0 Å². The first-order valence-corrected chi connectivity index (χ1v) is 19.7. The molecule has 0 saturated heterocycles. The molecule has 2 unspecified atom stereocenters. The number of aromatic amines is 2. The van der Waals surface area contributed by atoms with Crippen molar-refractivity contribution in [2.24, 2.45) is 11.8 Å². The number of pyridine rings is 1. The Morgan fingerprint density at radius 3 is 1.55 bits per heavy atom. The molecular weight excluding hydrogens is 709 g/mol. The van der Waals surface area contributed by atoms with E-state index >= 15 is 0 Å². The van der Waals surface area contributed by atoms with Crippen LogP contribution in [0.25, 0.3) is 21.8 Å². The number of nitrogens with zero attached hydrogens (tertiary/aromatic N) is 1. The van der Waals surface area contributed by atoms with Crippen LogP contribution in [-0.4, -0.2) is 50.6 Å². The van der Waals surface area contributed by atoms with Gasteiger partial charge in [0.05, 0.1) is 37.1 Å². The number of methoxy groups -OCH3 is 2. The van der Waals surface area contributed by atoms with E-state index in [0.717, 1.165) is 70.0 Å². The number of ether oxygens (including phenoxy) is 2. The van der Waals surface area contributed by atoms with Gasteiger partial charge in [0.15, 0.2) is 0 Å². The number of benzene rings is 3. The molecule has 2 aliphatic carbocycles. The second kappa shape index (κ2) is 15.3. The summed E-state index contributed by atoms with van der Waals surface area (Å²) in [6.45, 7) is 8.21. The Bertz CT molecular complexity index is 2080. The molecule has 9 heteroatoms. The molecule has 4 N–H and O–H groups in total. The smallest absolute Gasteiger partial charge is 0.123 e. The number of hydrogen-bond donors (Lipinski definition) is 4. The predicted molar refractivity (Wildman–Crippen MR) is 218 cm³/mol. The molecule has 0 radical (unpaired) electrons. The van der Waals surface area contributed by atoms with E-state index in [1.165, 1.54) is 24.3 Å². The van der Waals surface area contributed by atoms with Crippen LogP contribution in [0.2, 0.25) is 0 Å². The highest BCUT2D eigenvalue weighted by Crippen LogP contribution is 2.50. The topological polar surface area (TPSA) is 103 Å². The maximum atomic E-state index is 14.0. The highest BCUT2D eigenvalue weighted by atomic mass is 19.1. The lowest BCUT2D eigenvalue weighted by molar-refractivity contribution is -0.00947. The maximum Gasteiger partial charge on any atom is 0.123 e. The molecule has 8 rings (SSSR count). The van der Waals surface area contributed by atoms with Crippen LogP contribution in [0.3, 0.4) is 0 Å². The lowest BCUT2D eigenvalue weighted by Gasteiger charge is -2.37. The predicted octanol–water partition coefficient (Wildman–Crippen LogP) is 10.1. The minimum atomic E-state index is -0.866. The molecule has 2 atom stereocenters. The number of fused-ring (bicyclic) bond motifs is 2. The Morgan fingerprint density at radius 1 is 0.643 bits per heavy atom. The normalized spacial score (nSPS) is 16.9. The Morgan fingerprint density at radius 2 is 1.11 bits per heavy atom. The zero-order valence-corrected chi connectivity index (χ0v) is 33.4. The van der Waals surface area contributed by atoms with Crippen LogP contribution in [0.15, 0.2) is 91.3 Å². The lowest BCUT2D eigenvalue weighted by atomic mass is 9.71. The standard InChI is InChI=1S/C24H28FNO2.C23H27FN2O2/c1-23(2,20-13-18(25)10-11-22(20)28-3)15-24(27,17-8-9-17)14-19-12-16-6-4-5-7-21(16)26-19;1-22(2,19-11-17(24)6-7-21(19)28-3)14-23(27,16-4-5-16)12-18-10-15-8-9-25-13-20(15)26-18/h4-7,10-13,17,26-27H,8-9,14-15H2,1-3H3;6-11,13,16,26-27H,4-5,12,14H2,1-3H3. The third-order valence-electron chi connectivity index (χ3n) is 12.0. The molecule has 296 valence electrons. The van der Waals surface area contributed by atoms with Crippen molar-refractivity contribution < 1.29 is 28.5 Å². The SMILES string of the molecule is COc1ccc(F)cc1C(C)(C)CC(O)(Cc1cc2ccccc2[nH]1)C1CC1.COc1ccc(F)cc1C(C)(C)CC(O)(Cc1cc2ccncc2[nH]1)C1CC1. The second-order valence-electron chi connectivity index (χ2n) is 17.6. The molecule has 0 amide bonds. The molecule has 3 aromatic carbocycles. The highest BCUT2D eigenvalue weighted by Gasteiger charge is 2.49. The quantitative estimate of drug-likeness (QED) is 0.0885. The molecule has 2 saturated carbocycles. The van der Waals surface area contributed by atoms with Gasteiger partial charge in [-0.15, -0.1) is 0 Å². The van der Waals surface area contributed by atoms with Gasteiger partial charge < -0.3 is 29.7 Å². The summed E-state index contributed by atoms with van der Waals surface area (Å²) < 4.78 is 38.9. The zero-order valence-electron chi connectivity index (χ0n) is 33.4. The minimum absolute atomic E-state index is 0.260. The second-order valence-corrected chi connectivity index (χ2v) is 17.6. The van der Waals surface area contributed by atoms with Gasteiger partial charge in [-0.1, -0.05) is 45.9 Å². The van der Waals surface area contributed by atoms with Crippen LogP contribution < -0.4 is 9.47 Å². The lowest BCUT2D eigenvalue weighted by Crippen LogP contribution is -2.41. The third-order valence-corrected chi connectivity index (χ3v) is 12.0. The molecule has 3 aromatic heterocycles. The Hall–Kier alpha value is -4.73. The number of H-pyrrole nitrogens is 2. The molecule has 0 aliphatic heterocycles. The van der Waals surface area contributed by atoms with Gasteiger partial charge in [-0.2, -0.15) is 0 Å². The van der Waals surface area contributed by atoms with E-state index in [-0.39, 0.29) is 23.5 Å². The van der Waals surface area contributed by atoms with Crippen molar-refractivity contribution in [3.8, 4) is 11.5 Å². The summed E-state index contributed by atoms with van der Waals surface area (Å²) in [5.41, 5.74) is 3.09. The Balaban J connectivity index is 0.000000172. The van der Waals surface area contributed by atoms with Crippen molar-refractivity contribution in [1.29, 1.82) is 0 Å². The number of halogens is 2. The fourth-order valence-corrected chi connectivity index (χ4v) is 9.10. The minimum Gasteiger partial charge on any atom is -0.496 e. The third kappa shape index (κ3) is 8.64. The van der Waals surface area contributed by atoms with Gasteiger partial charge in [0.25, 0.3) is 0 Å². The maximum absolute atomic E-state index is 14.0. The van der Waals surface area contributed by atoms with E-state index in [1.54, 1.807) is 38.7 Å². The van der Waals surface area contributed by atoms with Crippen LogP contribution in [0.1, 0.15) is 88.7 Å². The van der Waals surface area contributed by atoms with Crippen LogP contribution in [-0.2, 0) is 23.7 Å². The fourth-order valence-electron chi connectivity index (χ4n) is 9.10. The number of rotatable bonds is 14. The van der Waals surface area contributed by atoms with Crippen LogP contribution in [0.4, 0.5) is 8.78 Å². The van der Waals surface area contributed by atoms with E-state index in [2.05, 4.69) is 53.1 Å². The Kier molecular flexibility index (Phi) is 10.8. The molecule has 6 aromatic rings. The van der Waals surface area contributed by atoms with Gasteiger partial charge in [-0.05, 0) is 127 Å². The first-order valence-electron chi connectivity index (χ1n) is 19.7. The molecular formula is C47H55F2N3O4. The van der Waals surface area contributed by atoms with E-state index in [4.69, 9.17) is 9.47 Å². The van der Waals surface area contributed by atoms with Crippen LogP contribution >= 0.6 is 0 Å². The fraction of sp³-hybridized carbons (Fsp3) is 0.426. The summed E-state index contributed by atoms with van der Waals surface area (Å²) in [5, 5.41) is 25.6. The number of para-hydroxylation sites is 1. The van der Waals surface area contributed by atoms with Crippen molar-refractivity contribution in [1.82, 2.24) is 15.0 Å². The van der Waals surface area contributed by atoms with Crippen molar-refractivity contribution in [2.45, 2.75) is 101 Å². The summed E-state index contributed by atoms with van der Waals surface area (Å²) in [6.07, 6.45) is 9.85. The van der Waals surface area contributed by atoms with Gasteiger partial charge in [0.1, 0.15) is 23.1 Å². The van der Waals surface area contributed by atoms with E-state index < -0.39 is 22.0 Å². The monoisotopic (exact) mass is 763 g/mol. The molecule has 0 spiro atoms. The number of nitrogens with one attached hydrogen (secondary N) is 2. The number of aliphatic hydroxyl groups is 2. The largest absolute Gasteiger partial charge is 0.496 e. The highest BCUT2D eigenvalue weighted by molar-refractivity contribution is 5.80. The van der Waals surface area contributed by atoms with Crippen molar-refractivity contribution in [3.05, 3.63) is 125 Å². The summed E-state index contributed by atoms with van der Waals surface area (Å²) in [6, 6.07) is 23.5. The number of hydrogen-bond acceptors (Lipinski definition) is 5. The van der Waals surface area contributed by atoms with Crippen LogP contribution in [0, 0.1) is 23.5 Å². The first kappa shape index (κ1) is 39.5. The van der Waals surface area contributed by atoms with Gasteiger partial charge in [-0.25, -0.2) is 8.78 Å². The van der Waals surface area contributed by atoms with Gasteiger partial charge >= 0.3 is 0 Å². The molecule has 56 heavy (non-hydrogen) atoms. The molecule has 0 bridgehead atoms. The van der Waals surface area contributed by atoms with E-state index in [0.29, 0.717) is 37.2 Å².